The van der Waals surface area contributed by atoms with E-state index in [1.54, 1.807) is 0 Å². The van der Waals surface area contributed by atoms with Gasteiger partial charge in [0.2, 0.25) is 0 Å². The van der Waals surface area contributed by atoms with Crippen LogP contribution in [0.25, 0.3) is 0 Å². The first-order valence-electron chi connectivity index (χ1n) is 41.0. The van der Waals surface area contributed by atoms with Crippen LogP contribution in [0.5, 0.6) is 0 Å². The molecule has 2 unspecified atom stereocenters. The third-order valence-electron chi connectivity index (χ3n) is 18.5. The molecule has 0 aliphatic carbocycles. The first-order chi connectivity index (χ1) is 47.4. The smallest absolute Gasteiger partial charge is 0.462 e. The number of esters is 4. The average Bonchev–Trinajstić information content (AvgIpc) is 1.01. The molecule has 3 N–H and O–H groups in total. The van der Waals surface area contributed by atoms with Crippen LogP contribution in [0.4, 0.5) is 0 Å². The number of hydrogen-bond acceptors (Lipinski definition) is 15. The van der Waals surface area contributed by atoms with Gasteiger partial charge in [0, 0.05) is 25.7 Å². The van der Waals surface area contributed by atoms with E-state index in [-0.39, 0.29) is 25.7 Å². The fraction of sp³-hybridized carbons (Fsp3) is 0.949. The summed E-state index contributed by atoms with van der Waals surface area (Å²) in [4.78, 5) is 72.8. The lowest BCUT2D eigenvalue weighted by molar-refractivity contribution is -0.161. The molecule has 0 fully saturated rings. The molecule has 98 heavy (non-hydrogen) atoms. The van der Waals surface area contributed by atoms with Crippen molar-refractivity contribution in [2.24, 2.45) is 11.8 Å². The molecule has 0 rings (SSSR count). The Morgan fingerprint density at radius 1 is 0.276 bits per heavy atom. The number of hydrogen-bond donors (Lipinski definition) is 3. The summed E-state index contributed by atoms with van der Waals surface area (Å²) < 4.78 is 68.5. The van der Waals surface area contributed by atoms with Crippen molar-refractivity contribution in [1.29, 1.82) is 0 Å². The Morgan fingerprint density at radius 2 is 0.469 bits per heavy atom. The zero-order valence-electron chi connectivity index (χ0n) is 64.1. The molecule has 0 aliphatic rings. The molecule has 5 atom stereocenters. The fourth-order valence-electron chi connectivity index (χ4n) is 12.2. The average molecular weight is 1440 g/mol. The summed E-state index contributed by atoms with van der Waals surface area (Å²) in [5, 5.41) is 10.6. The number of aliphatic hydroxyl groups excluding tert-OH is 1. The van der Waals surface area contributed by atoms with Crippen LogP contribution in [0.1, 0.15) is 414 Å². The zero-order valence-corrected chi connectivity index (χ0v) is 65.9. The van der Waals surface area contributed by atoms with Crippen LogP contribution in [0.3, 0.4) is 0 Å². The molecular weight excluding hydrogens is 1280 g/mol. The summed E-state index contributed by atoms with van der Waals surface area (Å²) in [6.45, 7) is 9.65. The van der Waals surface area contributed by atoms with E-state index < -0.39 is 97.5 Å². The second-order valence-electron chi connectivity index (χ2n) is 29.4. The Balaban J connectivity index is 5.17. The Bertz CT molecular complexity index is 1890. The van der Waals surface area contributed by atoms with Gasteiger partial charge in [-0.15, -0.1) is 0 Å². The van der Waals surface area contributed by atoms with Crippen LogP contribution in [0, 0.1) is 11.8 Å². The van der Waals surface area contributed by atoms with Crippen molar-refractivity contribution in [2.45, 2.75) is 432 Å². The Kier molecular flexibility index (Phi) is 69.3. The van der Waals surface area contributed by atoms with Gasteiger partial charge < -0.3 is 33.8 Å². The minimum Gasteiger partial charge on any atom is -0.462 e. The van der Waals surface area contributed by atoms with E-state index in [4.69, 9.17) is 37.0 Å². The second-order valence-corrected chi connectivity index (χ2v) is 32.3. The number of phosphoric ester groups is 2. The topological polar surface area (TPSA) is 237 Å². The molecule has 0 aromatic rings. The van der Waals surface area contributed by atoms with Crippen LogP contribution in [0.15, 0.2) is 0 Å². The molecule has 0 saturated heterocycles. The Labute approximate surface area is 600 Å². The molecule has 0 bridgehead atoms. The number of carbonyl (C=O) groups excluding carboxylic acids is 4. The van der Waals surface area contributed by atoms with Gasteiger partial charge in [0.25, 0.3) is 0 Å². The molecule has 0 aromatic heterocycles. The molecule has 0 saturated carbocycles. The normalized spacial score (nSPS) is 13.9. The highest BCUT2D eigenvalue weighted by Gasteiger charge is 2.30. The van der Waals surface area contributed by atoms with Crippen molar-refractivity contribution in [3.63, 3.8) is 0 Å². The van der Waals surface area contributed by atoms with Crippen molar-refractivity contribution in [3.8, 4) is 0 Å². The van der Waals surface area contributed by atoms with E-state index in [0.717, 1.165) is 108 Å². The van der Waals surface area contributed by atoms with Gasteiger partial charge in [-0.3, -0.25) is 37.3 Å². The van der Waals surface area contributed by atoms with E-state index in [1.165, 1.54) is 225 Å². The fourth-order valence-corrected chi connectivity index (χ4v) is 13.8. The van der Waals surface area contributed by atoms with Crippen molar-refractivity contribution < 1.29 is 80.2 Å². The van der Waals surface area contributed by atoms with Crippen LogP contribution < -0.4 is 0 Å². The molecule has 582 valence electrons. The molecule has 0 aromatic carbocycles. The second kappa shape index (κ2) is 70.7. The predicted molar refractivity (Wildman–Crippen MR) is 400 cm³/mol. The van der Waals surface area contributed by atoms with Gasteiger partial charge >= 0.3 is 39.5 Å². The van der Waals surface area contributed by atoms with Gasteiger partial charge in [0.05, 0.1) is 26.4 Å². The minimum absolute atomic E-state index is 0.107. The first-order valence-corrected chi connectivity index (χ1v) is 44.0. The summed E-state index contributed by atoms with van der Waals surface area (Å²) in [5.41, 5.74) is 0. The van der Waals surface area contributed by atoms with E-state index >= 15 is 0 Å². The van der Waals surface area contributed by atoms with Crippen LogP contribution >= 0.6 is 15.6 Å². The van der Waals surface area contributed by atoms with E-state index in [1.807, 2.05) is 0 Å². The SMILES string of the molecule is CCCCCCCCCCCCCC(=O)O[C@H](COC(=O)CCCCCCCCCC)COP(=O)(O)OC[C@H](O)COP(=O)(O)OC[C@@H](COC(=O)CCCCCCCCCCCCCCCCCC(C)C)OC(=O)CCCCCCCCCCCCCCCCCCCCC(C)C. The molecule has 0 radical (unpaired) electrons. The maximum absolute atomic E-state index is 13.1. The molecular formula is C79H154O17P2. The number of ether oxygens (including phenoxy) is 4. The van der Waals surface area contributed by atoms with Gasteiger partial charge in [-0.2, -0.15) is 0 Å². The third-order valence-corrected chi connectivity index (χ3v) is 20.4. The number of phosphoric acid groups is 2. The van der Waals surface area contributed by atoms with Crippen molar-refractivity contribution in [2.75, 3.05) is 39.6 Å². The van der Waals surface area contributed by atoms with Crippen molar-refractivity contribution in [1.82, 2.24) is 0 Å². The monoisotopic (exact) mass is 1440 g/mol. The quantitative estimate of drug-likeness (QED) is 0.0222. The van der Waals surface area contributed by atoms with Gasteiger partial charge in [-0.25, -0.2) is 9.13 Å². The minimum atomic E-state index is -4.96. The highest BCUT2D eigenvalue weighted by atomic mass is 31.2. The molecule has 19 heteroatoms. The van der Waals surface area contributed by atoms with Gasteiger partial charge in [0.15, 0.2) is 12.2 Å². The lowest BCUT2D eigenvalue weighted by Gasteiger charge is -2.21. The van der Waals surface area contributed by atoms with Crippen LogP contribution in [-0.2, 0) is 65.4 Å². The van der Waals surface area contributed by atoms with Gasteiger partial charge in [-0.1, -0.05) is 363 Å². The summed E-state index contributed by atoms with van der Waals surface area (Å²) in [7, 11) is -9.91. The highest BCUT2D eigenvalue weighted by molar-refractivity contribution is 7.47. The predicted octanol–water partition coefficient (Wildman–Crippen LogP) is 23.5. The highest BCUT2D eigenvalue weighted by Crippen LogP contribution is 2.45. The summed E-state index contributed by atoms with van der Waals surface area (Å²) in [6, 6.07) is 0. The maximum atomic E-state index is 13.1. The molecule has 0 amide bonds. The molecule has 0 aliphatic heterocycles. The Hall–Kier alpha value is -1.94. The molecule has 17 nitrogen and oxygen atoms in total. The largest absolute Gasteiger partial charge is 0.472 e. The summed E-state index contributed by atoms with van der Waals surface area (Å²) >= 11 is 0. The third kappa shape index (κ3) is 72.4. The number of unbranched alkanes of at least 4 members (excludes halogenated alkanes) is 48. The van der Waals surface area contributed by atoms with Gasteiger partial charge in [-0.05, 0) is 37.5 Å². The van der Waals surface area contributed by atoms with Crippen molar-refractivity contribution >= 4 is 39.5 Å². The lowest BCUT2D eigenvalue weighted by Crippen LogP contribution is -2.30. The molecule has 0 heterocycles. The maximum Gasteiger partial charge on any atom is 0.472 e. The van der Waals surface area contributed by atoms with E-state index in [0.29, 0.717) is 25.7 Å². The van der Waals surface area contributed by atoms with Crippen LogP contribution in [-0.4, -0.2) is 96.7 Å². The first kappa shape index (κ1) is 96.1. The number of aliphatic hydroxyl groups is 1. The number of rotatable bonds is 78. The summed E-state index contributed by atoms with van der Waals surface area (Å²) in [6.07, 6.45) is 59.8. The number of carbonyl (C=O) groups is 4. The van der Waals surface area contributed by atoms with Gasteiger partial charge in [0.1, 0.15) is 19.3 Å². The van der Waals surface area contributed by atoms with E-state index in [9.17, 15) is 43.2 Å². The zero-order chi connectivity index (χ0) is 72.1. The van der Waals surface area contributed by atoms with Crippen molar-refractivity contribution in [3.05, 3.63) is 0 Å². The van der Waals surface area contributed by atoms with Crippen LogP contribution in [0.2, 0.25) is 0 Å². The molecule has 0 spiro atoms. The Morgan fingerprint density at radius 3 is 0.694 bits per heavy atom. The standard InChI is InChI=1S/C79H154O17P2/c1-7-9-11-13-15-17-31-39-45-51-57-63-78(83)95-74(67-89-76(81)61-55-49-43-16-14-12-10-8-2)69-93-97(85,86)91-65-73(80)66-92-98(87,88)94-70-75(68-90-77(82)62-56-50-44-38-34-29-26-22-24-28-33-37-42-48-54-60-72(5)6)96-79(84)64-58-52-46-40-35-30-25-21-19-18-20-23-27-32-36-41-47-53-59-71(3)4/h71-75,80H,7-70H2,1-6H3,(H,85,86)(H,87,88)/t73-,74+,75+/m0/s1. The lowest BCUT2D eigenvalue weighted by atomic mass is 10.0. The summed E-state index contributed by atoms with van der Waals surface area (Å²) in [5.74, 6) is -0.487. The van der Waals surface area contributed by atoms with E-state index in [2.05, 4.69) is 41.5 Å².